The van der Waals surface area contributed by atoms with Crippen LogP contribution >= 0.6 is 0 Å². The lowest BCUT2D eigenvalue weighted by molar-refractivity contribution is -0.175. The van der Waals surface area contributed by atoms with Crippen molar-refractivity contribution in [1.82, 2.24) is 0 Å². The van der Waals surface area contributed by atoms with Crippen molar-refractivity contribution in [3.8, 4) is 0 Å². The standard InChI is InChI=1S/C12H12O7/c1-6-4-2-3-5-7(6)8(13)12(19,11(17)18)9(14)10(15)16/h2-5,9,14,19H,1H3,(H,15,16)(H,17,18)/t9-,12+/m0/s1. The Morgan fingerprint density at radius 2 is 1.68 bits per heavy atom. The molecular formula is C12H12O7. The number of carboxylic acids is 2. The fourth-order valence-electron chi connectivity index (χ4n) is 1.55. The summed E-state index contributed by atoms with van der Waals surface area (Å²) in [6, 6.07) is 5.73. The molecule has 102 valence electrons. The highest BCUT2D eigenvalue weighted by molar-refractivity contribution is 6.18. The molecule has 19 heavy (non-hydrogen) atoms. The first-order valence-electron chi connectivity index (χ1n) is 5.20. The van der Waals surface area contributed by atoms with Crippen molar-refractivity contribution >= 4 is 17.7 Å². The molecule has 0 aliphatic rings. The quantitative estimate of drug-likeness (QED) is 0.415. The van der Waals surface area contributed by atoms with E-state index in [2.05, 4.69) is 0 Å². The zero-order valence-electron chi connectivity index (χ0n) is 9.90. The molecule has 7 heteroatoms. The molecule has 0 fully saturated rings. The minimum absolute atomic E-state index is 0.173. The minimum atomic E-state index is -3.43. The first kappa shape index (κ1) is 14.8. The molecule has 7 nitrogen and oxygen atoms in total. The number of Topliss-reactive ketones (excluding diaryl/α,β-unsaturated/α-hetero) is 1. The Labute approximate surface area is 107 Å². The lowest BCUT2D eigenvalue weighted by Crippen LogP contribution is -2.59. The molecule has 0 bridgehead atoms. The van der Waals surface area contributed by atoms with Crippen molar-refractivity contribution in [2.45, 2.75) is 18.6 Å². The number of aliphatic carboxylic acids is 2. The van der Waals surface area contributed by atoms with Crippen LogP contribution < -0.4 is 0 Å². The van der Waals surface area contributed by atoms with Crippen molar-refractivity contribution in [1.29, 1.82) is 0 Å². The summed E-state index contributed by atoms with van der Waals surface area (Å²) < 4.78 is 0. The molecule has 1 rings (SSSR count). The van der Waals surface area contributed by atoms with E-state index in [1.54, 1.807) is 6.07 Å². The molecule has 4 N–H and O–H groups in total. The molecule has 0 radical (unpaired) electrons. The van der Waals surface area contributed by atoms with Gasteiger partial charge in [0.25, 0.3) is 5.60 Å². The van der Waals surface area contributed by atoms with Crippen molar-refractivity contribution in [3.63, 3.8) is 0 Å². The van der Waals surface area contributed by atoms with Gasteiger partial charge in [0, 0.05) is 5.56 Å². The summed E-state index contributed by atoms with van der Waals surface area (Å²) in [5, 5.41) is 36.6. The van der Waals surface area contributed by atoms with E-state index in [1.165, 1.54) is 25.1 Å². The Kier molecular flexibility index (Phi) is 4.03. The van der Waals surface area contributed by atoms with E-state index in [9.17, 15) is 24.6 Å². The van der Waals surface area contributed by atoms with E-state index < -0.39 is 29.4 Å². The van der Waals surface area contributed by atoms with Crippen LogP contribution in [0.2, 0.25) is 0 Å². The maximum Gasteiger partial charge on any atom is 0.347 e. The lowest BCUT2D eigenvalue weighted by Gasteiger charge is -2.25. The lowest BCUT2D eigenvalue weighted by atomic mass is 9.86. The molecule has 0 aliphatic carbocycles. The van der Waals surface area contributed by atoms with Crippen LogP contribution in [0.1, 0.15) is 15.9 Å². The summed E-state index contributed by atoms with van der Waals surface area (Å²) in [5.74, 6) is -5.52. The number of aliphatic hydroxyl groups excluding tert-OH is 1. The summed E-state index contributed by atoms with van der Waals surface area (Å²) >= 11 is 0. The topological polar surface area (TPSA) is 132 Å². The van der Waals surface area contributed by atoms with Gasteiger partial charge in [0.05, 0.1) is 0 Å². The maximum absolute atomic E-state index is 12.0. The largest absolute Gasteiger partial charge is 0.479 e. The minimum Gasteiger partial charge on any atom is -0.479 e. The van der Waals surface area contributed by atoms with E-state index >= 15 is 0 Å². The van der Waals surface area contributed by atoms with Gasteiger partial charge in [-0.15, -0.1) is 0 Å². The first-order chi connectivity index (χ1) is 8.72. The molecule has 0 aromatic heterocycles. The summed E-state index contributed by atoms with van der Waals surface area (Å²) in [5.41, 5.74) is -3.25. The van der Waals surface area contributed by atoms with Gasteiger partial charge in [-0.1, -0.05) is 24.3 Å². The van der Waals surface area contributed by atoms with Crippen molar-refractivity contribution in [2.24, 2.45) is 0 Å². The molecule has 2 atom stereocenters. The van der Waals surface area contributed by atoms with Crippen LogP contribution in [0.25, 0.3) is 0 Å². The Morgan fingerprint density at radius 1 is 1.16 bits per heavy atom. The fourth-order valence-corrected chi connectivity index (χ4v) is 1.55. The second-order valence-corrected chi connectivity index (χ2v) is 3.96. The van der Waals surface area contributed by atoms with Crippen LogP contribution in [0.5, 0.6) is 0 Å². The van der Waals surface area contributed by atoms with E-state index in [-0.39, 0.29) is 5.56 Å². The third-order valence-corrected chi connectivity index (χ3v) is 2.69. The van der Waals surface area contributed by atoms with E-state index in [4.69, 9.17) is 10.2 Å². The van der Waals surface area contributed by atoms with Gasteiger partial charge in [0.15, 0.2) is 6.10 Å². The normalized spacial score (nSPS) is 15.3. The molecule has 0 amide bonds. The highest BCUT2D eigenvalue weighted by Crippen LogP contribution is 2.21. The molecular weight excluding hydrogens is 256 g/mol. The zero-order chi connectivity index (χ0) is 14.8. The summed E-state index contributed by atoms with van der Waals surface area (Å²) in [6.45, 7) is 1.49. The van der Waals surface area contributed by atoms with Crippen molar-refractivity contribution in [2.75, 3.05) is 0 Å². The van der Waals surface area contributed by atoms with Gasteiger partial charge < -0.3 is 20.4 Å². The van der Waals surface area contributed by atoms with Gasteiger partial charge in [0.2, 0.25) is 5.78 Å². The smallest absolute Gasteiger partial charge is 0.347 e. The summed E-state index contributed by atoms with van der Waals surface area (Å²) in [7, 11) is 0. The Hall–Kier alpha value is -2.25. The van der Waals surface area contributed by atoms with E-state index in [0.717, 1.165) is 0 Å². The molecule has 1 aromatic rings. The number of aryl methyl sites for hydroxylation is 1. The molecule has 0 unspecified atom stereocenters. The number of hydrogen-bond donors (Lipinski definition) is 4. The SMILES string of the molecule is Cc1ccccc1C(=O)[C@](O)(C(=O)O)[C@@H](O)C(=O)O. The van der Waals surface area contributed by atoms with Crippen molar-refractivity contribution in [3.05, 3.63) is 35.4 Å². The number of carboxylic acid groups (broad SMARTS) is 2. The predicted molar refractivity (Wildman–Crippen MR) is 61.7 cm³/mol. The average Bonchev–Trinajstić information content (AvgIpc) is 2.36. The first-order valence-corrected chi connectivity index (χ1v) is 5.20. The summed E-state index contributed by atoms with van der Waals surface area (Å²) in [4.78, 5) is 33.7. The average molecular weight is 268 g/mol. The number of carbonyl (C=O) groups excluding carboxylic acids is 1. The molecule has 0 heterocycles. The van der Waals surface area contributed by atoms with Gasteiger partial charge in [-0.2, -0.15) is 0 Å². The second kappa shape index (κ2) is 5.17. The van der Waals surface area contributed by atoms with Gasteiger partial charge in [-0.25, -0.2) is 9.59 Å². The highest BCUT2D eigenvalue weighted by atomic mass is 16.4. The van der Waals surface area contributed by atoms with Crippen molar-refractivity contribution < 1.29 is 34.8 Å². The predicted octanol–water partition coefficient (Wildman–Crippen LogP) is -0.561. The van der Waals surface area contributed by atoms with Crippen LogP contribution in [-0.2, 0) is 9.59 Å². The zero-order valence-corrected chi connectivity index (χ0v) is 9.90. The number of carbonyl (C=O) groups is 3. The number of benzene rings is 1. The van der Waals surface area contributed by atoms with Gasteiger partial charge in [-0.05, 0) is 12.5 Å². The van der Waals surface area contributed by atoms with Gasteiger partial charge in [0.1, 0.15) is 0 Å². The Morgan fingerprint density at radius 3 is 2.11 bits per heavy atom. The van der Waals surface area contributed by atoms with Gasteiger partial charge >= 0.3 is 11.9 Å². The fraction of sp³-hybridized carbons (Fsp3) is 0.250. The van der Waals surface area contributed by atoms with Crippen LogP contribution in [0.4, 0.5) is 0 Å². The highest BCUT2D eigenvalue weighted by Gasteiger charge is 2.54. The third-order valence-electron chi connectivity index (χ3n) is 2.69. The third kappa shape index (κ3) is 2.47. The van der Waals surface area contributed by atoms with Gasteiger partial charge in [-0.3, -0.25) is 4.79 Å². The number of ketones is 1. The number of rotatable bonds is 5. The molecule has 0 spiro atoms. The van der Waals surface area contributed by atoms with Crippen LogP contribution in [-0.4, -0.2) is 49.9 Å². The van der Waals surface area contributed by atoms with E-state index in [1.807, 2.05) is 0 Å². The van der Waals surface area contributed by atoms with Crippen LogP contribution in [0.15, 0.2) is 24.3 Å². The monoisotopic (exact) mass is 268 g/mol. The Bertz CT molecular complexity index is 537. The van der Waals surface area contributed by atoms with E-state index in [0.29, 0.717) is 5.56 Å². The van der Waals surface area contributed by atoms with Crippen LogP contribution in [0.3, 0.4) is 0 Å². The van der Waals surface area contributed by atoms with Crippen LogP contribution in [0, 0.1) is 6.92 Å². The maximum atomic E-state index is 12.0. The molecule has 1 aromatic carbocycles. The summed E-state index contributed by atoms with van der Waals surface area (Å²) in [6.07, 6.45) is -2.77. The molecule has 0 saturated carbocycles. The number of aliphatic hydroxyl groups is 2. The molecule has 0 saturated heterocycles. The second-order valence-electron chi connectivity index (χ2n) is 3.96. The molecule has 0 aliphatic heterocycles. The number of hydrogen-bond acceptors (Lipinski definition) is 5. The Balaban J connectivity index is 3.36.